The van der Waals surface area contributed by atoms with Gasteiger partial charge in [-0.05, 0) is 61.5 Å². The van der Waals surface area contributed by atoms with Crippen molar-refractivity contribution in [3.8, 4) is 17.2 Å². The summed E-state index contributed by atoms with van der Waals surface area (Å²) < 4.78 is 13.2. The third-order valence-corrected chi connectivity index (χ3v) is 5.53. The van der Waals surface area contributed by atoms with Gasteiger partial charge in [0.25, 0.3) is 5.56 Å². The number of rotatable bonds is 8. The minimum atomic E-state index is -0.229. The molecule has 30 heavy (non-hydrogen) atoms. The van der Waals surface area contributed by atoms with Crippen LogP contribution in [0.4, 0.5) is 0 Å². The van der Waals surface area contributed by atoms with Crippen molar-refractivity contribution in [3.05, 3.63) is 82.0 Å². The Kier molecular flexibility index (Phi) is 6.35. The first-order chi connectivity index (χ1) is 14.6. The van der Waals surface area contributed by atoms with E-state index in [9.17, 15) is 4.79 Å². The number of aromatic nitrogens is 2. The molecule has 0 bridgehead atoms. The van der Waals surface area contributed by atoms with E-state index in [0.29, 0.717) is 23.4 Å². The number of likely N-dealkylation sites (tertiary alicyclic amines) is 1. The molecule has 0 radical (unpaired) electrons. The Morgan fingerprint density at radius 2 is 1.97 bits per heavy atom. The van der Waals surface area contributed by atoms with E-state index < -0.39 is 0 Å². The van der Waals surface area contributed by atoms with E-state index in [1.165, 1.54) is 6.42 Å². The smallest absolute Gasteiger partial charge is 0.297 e. The van der Waals surface area contributed by atoms with Crippen molar-refractivity contribution in [2.45, 2.75) is 26.0 Å². The molecule has 7 heteroatoms. The number of ether oxygens (including phenoxy) is 2. The molecule has 0 saturated carbocycles. The summed E-state index contributed by atoms with van der Waals surface area (Å²) in [5.74, 6) is 1.06. The Morgan fingerprint density at radius 3 is 2.63 bits per heavy atom. The van der Waals surface area contributed by atoms with E-state index in [-0.39, 0.29) is 17.9 Å². The molecule has 3 heterocycles. The van der Waals surface area contributed by atoms with E-state index in [2.05, 4.69) is 16.8 Å². The van der Waals surface area contributed by atoms with Crippen LogP contribution in [0, 0.1) is 0 Å². The molecule has 0 unspecified atom stereocenters. The lowest BCUT2D eigenvalue weighted by Gasteiger charge is -2.39. The van der Waals surface area contributed by atoms with Gasteiger partial charge in [0.05, 0.1) is 10.7 Å². The number of hydrogen-bond acceptors (Lipinski definition) is 5. The van der Waals surface area contributed by atoms with Crippen LogP contribution in [0.25, 0.3) is 5.69 Å². The normalized spacial score (nSPS) is 16.1. The molecule has 0 N–H and O–H groups in total. The fourth-order valence-corrected chi connectivity index (χ4v) is 3.54. The molecule has 0 amide bonds. The highest BCUT2D eigenvalue weighted by atomic mass is 35.5. The summed E-state index contributed by atoms with van der Waals surface area (Å²) in [6.45, 7) is 5.26. The molecular weight excluding hydrogens is 402 g/mol. The van der Waals surface area contributed by atoms with Crippen molar-refractivity contribution >= 4 is 11.6 Å². The number of hydrogen-bond donors (Lipinski definition) is 0. The Labute approximate surface area is 180 Å². The summed E-state index contributed by atoms with van der Waals surface area (Å²) in [4.78, 5) is 19.4. The maximum absolute atomic E-state index is 12.8. The Balaban J connectivity index is 1.41. The van der Waals surface area contributed by atoms with Gasteiger partial charge in [0.1, 0.15) is 19.0 Å². The molecule has 1 saturated heterocycles. The third-order valence-electron chi connectivity index (χ3n) is 5.31. The summed E-state index contributed by atoms with van der Waals surface area (Å²) in [6, 6.07) is 15.0. The zero-order valence-electron chi connectivity index (χ0n) is 16.8. The van der Waals surface area contributed by atoms with Crippen molar-refractivity contribution in [2.75, 3.05) is 19.7 Å². The zero-order valence-corrected chi connectivity index (χ0v) is 17.6. The standard InChI is InChI=1S/C23H24ClN3O3/c1-2-26-13-11-20(26)16-29-21-9-7-19(8-10-21)27-12-3-4-22(23(27)28)30-15-18-6-5-17(24)14-25-18/h3-10,12,14,20H,2,11,13,15-16H2,1H3/t20-/m0/s1. The van der Waals surface area contributed by atoms with Crippen molar-refractivity contribution in [1.82, 2.24) is 14.5 Å². The molecule has 1 aliphatic heterocycles. The van der Waals surface area contributed by atoms with Gasteiger partial charge in [0, 0.05) is 30.7 Å². The van der Waals surface area contributed by atoms with Gasteiger partial charge in [-0.15, -0.1) is 0 Å². The lowest BCUT2D eigenvalue weighted by atomic mass is 10.0. The quantitative estimate of drug-likeness (QED) is 0.547. The van der Waals surface area contributed by atoms with Crippen molar-refractivity contribution in [2.24, 2.45) is 0 Å². The Bertz CT molecular complexity index is 1030. The van der Waals surface area contributed by atoms with E-state index in [4.69, 9.17) is 21.1 Å². The van der Waals surface area contributed by atoms with E-state index in [1.54, 1.807) is 41.2 Å². The van der Waals surface area contributed by atoms with Gasteiger partial charge in [-0.1, -0.05) is 18.5 Å². The molecular formula is C23H24ClN3O3. The van der Waals surface area contributed by atoms with Gasteiger partial charge >= 0.3 is 0 Å². The van der Waals surface area contributed by atoms with Crippen LogP contribution >= 0.6 is 11.6 Å². The van der Waals surface area contributed by atoms with Crippen LogP contribution < -0.4 is 15.0 Å². The maximum Gasteiger partial charge on any atom is 0.297 e. The van der Waals surface area contributed by atoms with Crippen LogP contribution in [0.1, 0.15) is 19.0 Å². The first kappa shape index (κ1) is 20.4. The lowest BCUT2D eigenvalue weighted by molar-refractivity contribution is 0.0561. The lowest BCUT2D eigenvalue weighted by Crippen LogP contribution is -2.50. The van der Waals surface area contributed by atoms with Gasteiger partial charge in [-0.2, -0.15) is 0 Å². The fraction of sp³-hybridized carbons (Fsp3) is 0.304. The van der Waals surface area contributed by atoms with Crippen LogP contribution in [0.2, 0.25) is 5.02 Å². The molecule has 1 atom stereocenters. The number of halogens is 1. The number of nitrogens with zero attached hydrogens (tertiary/aromatic N) is 3. The highest BCUT2D eigenvalue weighted by molar-refractivity contribution is 6.30. The number of benzene rings is 1. The predicted molar refractivity (Wildman–Crippen MR) is 117 cm³/mol. The van der Waals surface area contributed by atoms with Gasteiger partial charge in [0.15, 0.2) is 5.75 Å². The van der Waals surface area contributed by atoms with Crippen LogP contribution in [0.3, 0.4) is 0 Å². The average Bonchev–Trinajstić information content (AvgIpc) is 2.74. The predicted octanol–water partition coefficient (Wildman–Crippen LogP) is 3.94. The third kappa shape index (κ3) is 4.66. The second kappa shape index (κ2) is 9.32. The van der Waals surface area contributed by atoms with Crippen LogP contribution in [-0.4, -0.2) is 40.2 Å². The number of likely N-dealkylation sites (N-methyl/N-ethyl adjacent to an activating group) is 1. The van der Waals surface area contributed by atoms with Crippen molar-refractivity contribution < 1.29 is 9.47 Å². The first-order valence-corrected chi connectivity index (χ1v) is 10.4. The summed E-state index contributed by atoms with van der Waals surface area (Å²) in [7, 11) is 0. The van der Waals surface area contributed by atoms with Gasteiger partial charge in [-0.25, -0.2) is 0 Å². The molecule has 1 aliphatic rings. The molecule has 3 aromatic rings. The Hall–Kier alpha value is -2.83. The molecule has 0 spiro atoms. The molecule has 4 rings (SSSR count). The molecule has 156 valence electrons. The van der Waals surface area contributed by atoms with Crippen LogP contribution in [0.15, 0.2) is 65.7 Å². The number of pyridine rings is 2. The molecule has 6 nitrogen and oxygen atoms in total. The first-order valence-electron chi connectivity index (χ1n) is 10.1. The largest absolute Gasteiger partial charge is 0.492 e. The van der Waals surface area contributed by atoms with E-state index >= 15 is 0 Å². The topological polar surface area (TPSA) is 56.6 Å². The summed E-state index contributed by atoms with van der Waals surface area (Å²) in [6.07, 6.45) is 4.45. The summed E-state index contributed by atoms with van der Waals surface area (Å²) >= 11 is 5.84. The minimum Gasteiger partial charge on any atom is -0.492 e. The molecule has 0 aliphatic carbocycles. The Morgan fingerprint density at radius 1 is 1.13 bits per heavy atom. The van der Waals surface area contributed by atoms with E-state index in [0.717, 1.165) is 24.5 Å². The summed E-state index contributed by atoms with van der Waals surface area (Å²) in [5, 5.41) is 0.559. The molecule has 1 aromatic carbocycles. The second-order valence-corrected chi connectivity index (χ2v) is 7.62. The van der Waals surface area contributed by atoms with Crippen LogP contribution in [0.5, 0.6) is 11.5 Å². The van der Waals surface area contributed by atoms with Gasteiger partial charge < -0.3 is 9.47 Å². The molecule has 2 aromatic heterocycles. The maximum atomic E-state index is 12.8. The van der Waals surface area contributed by atoms with Gasteiger partial charge in [-0.3, -0.25) is 19.2 Å². The monoisotopic (exact) mass is 425 g/mol. The van der Waals surface area contributed by atoms with Crippen LogP contribution in [-0.2, 0) is 6.61 Å². The molecule has 1 fully saturated rings. The highest BCUT2D eigenvalue weighted by Crippen LogP contribution is 2.20. The van der Waals surface area contributed by atoms with Gasteiger partial charge in [0.2, 0.25) is 0 Å². The fourth-order valence-electron chi connectivity index (χ4n) is 3.43. The highest BCUT2D eigenvalue weighted by Gasteiger charge is 2.26. The zero-order chi connectivity index (χ0) is 20.9. The SMILES string of the molecule is CCN1CC[C@H]1COc1ccc(-n2cccc(OCc3ccc(Cl)cn3)c2=O)cc1. The van der Waals surface area contributed by atoms with Crippen molar-refractivity contribution in [1.29, 1.82) is 0 Å². The van der Waals surface area contributed by atoms with E-state index in [1.807, 2.05) is 24.3 Å². The van der Waals surface area contributed by atoms with Crippen molar-refractivity contribution in [3.63, 3.8) is 0 Å². The minimum absolute atomic E-state index is 0.194. The second-order valence-electron chi connectivity index (χ2n) is 7.18. The average molecular weight is 426 g/mol. The summed E-state index contributed by atoms with van der Waals surface area (Å²) in [5.41, 5.74) is 1.22.